The van der Waals surface area contributed by atoms with Crippen LogP contribution in [0.2, 0.25) is 0 Å². The highest BCUT2D eigenvalue weighted by Crippen LogP contribution is 2.36. The topological polar surface area (TPSA) is 114 Å². The summed E-state index contributed by atoms with van der Waals surface area (Å²) in [5.74, 6) is 0.336. The van der Waals surface area contributed by atoms with E-state index in [0.29, 0.717) is 6.04 Å². The van der Waals surface area contributed by atoms with E-state index in [9.17, 15) is 9.59 Å². The molecule has 0 spiro atoms. The molecule has 1 heterocycles. The molecule has 0 saturated heterocycles. The number of urea groups is 1. The molecule has 0 radical (unpaired) electrons. The zero-order chi connectivity index (χ0) is 16.2. The van der Waals surface area contributed by atoms with Crippen LogP contribution in [0.5, 0.6) is 0 Å². The average molecular weight is 315 g/mol. The van der Waals surface area contributed by atoms with Crippen molar-refractivity contribution in [3.8, 4) is 11.4 Å². The minimum Gasteiger partial charge on any atom is -0.376 e. The average Bonchev–Trinajstić information content (AvgIpc) is 3.30. The zero-order valence-corrected chi connectivity index (χ0v) is 12.6. The summed E-state index contributed by atoms with van der Waals surface area (Å²) in [7, 11) is 1.45. The maximum Gasteiger partial charge on any atom is 0.321 e. The van der Waals surface area contributed by atoms with Gasteiger partial charge in [-0.05, 0) is 47.5 Å². The minimum absolute atomic E-state index is 0.00653. The van der Waals surface area contributed by atoms with Crippen molar-refractivity contribution < 1.29 is 9.59 Å². The number of tetrazole rings is 1. The lowest BCUT2D eigenvalue weighted by molar-refractivity contribution is -0.118. The van der Waals surface area contributed by atoms with E-state index in [-0.39, 0.29) is 6.54 Å². The van der Waals surface area contributed by atoms with Crippen molar-refractivity contribution in [2.75, 3.05) is 18.9 Å². The van der Waals surface area contributed by atoms with Crippen LogP contribution in [0.3, 0.4) is 0 Å². The Morgan fingerprint density at radius 3 is 2.65 bits per heavy atom. The van der Waals surface area contributed by atoms with Gasteiger partial charge >= 0.3 is 6.03 Å². The van der Waals surface area contributed by atoms with Crippen molar-refractivity contribution in [2.24, 2.45) is 0 Å². The number of nitrogens with zero attached hydrogens (tertiary/aromatic N) is 4. The predicted octanol–water partition coefficient (Wildman–Crippen LogP) is 0.542. The maximum absolute atomic E-state index is 11.5. The number of carbonyl (C=O) groups is 2. The molecule has 2 aromatic rings. The summed E-state index contributed by atoms with van der Waals surface area (Å²) < 4.78 is 1.85. The van der Waals surface area contributed by atoms with E-state index in [1.807, 2.05) is 28.9 Å². The molecule has 0 unspecified atom stereocenters. The van der Waals surface area contributed by atoms with Crippen LogP contribution in [0.1, 0.15) is 18.9 Å². The molecule has 1 saturated carbocycles. The quantitative estimate of drug-likeness (QED) is 0.742. The number of hydrogen-bond acceptors (Lipinski definition) is 6. The van der Waals surface area contributed by atoms with Crippen molar-refractivity contribution in [3.63, 3.8) is 0 Å². The van der Waals surface area contributed by atoms with E-state index < -0.39 is 11.9 Å². The molecule has 1 aromatic carbocycles. The van der Waals surface area contributed by atoms with Gasteiger partial charge in [-0.2, -0.15) is 0 Å². The third-order valence-electron chi connectivity index (χ3n) is 3.46. The van der Waals surface area contributed by atoms with Crippen LogP contribution in [0.25, 0.3) is 11.4 Å². The minimum atomic E-state index is -0.529. The highest BCUT2D eigenvalue weighted by atomic mass is 16.2. The summed E-state index contributed by atoms with van der Waals surface area (Å²) in [4.78, 5) is 22.5. The van der Waals surface area contributed by atoms with Crippen molar-refractivity contribution in [1.29, 1.82) is 0 Å². The Kier molecular flexibility index (Phi) is 4.18. The number of anilines is 1. The third-order valence-corrected chi connectivity index (χ3v) is 3.46. The van der Waals surface area contributed by atoms with Gasteiger partial charge in [0.05, 0.1) is 12.6 Å². The number of imide groups is 1. The van der Waals surface area contributed by atoms with E-state index in [1.54, 1.807) is 0 Å². The number of carbonyl (C=O) groups excluding carboxylic acids is 2. The fourth-order valence-corrected chi connectivity index (χ4v) is 2.10. The van der Waals surface area contributed by atoms with Gasteiger partial charge in [-0.15, -0.1) is 5.10 Å². The molecule has 0 bridgehead atoms. The molecule has 1 aromatic heterocycles. The standard InChI is InChI=1S/C14H17N7O2/c1-15-14(23)17-12(22)8-16-10-4-2-9(3-5-10)13-18-19-20-21(13)11-6-7-11/h2-5,11,16H,6-8H2,1H3,(H2,15,17,22,23). The van der Waals surface area contributed by atoms with Gasteiger partial charge in [0.15, 0.2) is 5.82 Å². The lowest BCUT2D eigenvalue weighted by Crippen LogP contribution is -2.40. The largest absolute Gasteiger partial charge is 0.376 e. The number of aromatic nitrogens is 4. The first-order valence-corrected chi connectivity index (χ1v) is 7.31. The van der Waals surface area contributed by atoms with Gasteiger partial charge in [-0.3, -0.25) is 10.1 Å². The van der Waals surface area contributed by atoms with Gasteiger partial charge < -0.3 is 10.6 Å². The molecule has 1 aliphatic carbocycles. The second-order valence-electron chi connectivity index (χ2n) is 5.24. The normalized spacial score (nSPS) is 13.4. The Hall–Kier alpha value is -2.97. The molecular weight excluding hydrogens is 298 g/mol. The Labute approximate surface area is 132 Å². The molecule has 3 N–H and O–H groups in total. The first-order chi connectivity index (χ1) is 11.2. The van der Waals surface area contributed by atoms with Gasteiger partial charge in [0.2, 0.25) is 5.91 Å². The van der Waals surface area contributed by atoms with Gasteiger partial charge in [0.1, 0.15) is 0 Å². The van der Waals surface area contributed by atoms with Crippen molar-refractivity contribution in [3.05, 3.63) is 24.3 Å². The zero-order valence-electron chi connectivity index (χ0n) is 12.6. The highest BCUT2D eigenvalue weighted by Gasteiger charge is 2.28. The van der Waals surface area contributed by atoms with Crippen LogP contribution in [0.4, 0.5) is 10.5 Å². The molecule has 0 atom stereocenters. The predicted molar refractivity (Wildman–Crippen MR) is 82.6 cm³/mol. The van der Waals surface area contributed by atoms with Crippen LogP contribution in [0, 0.1) is 0 Å². The fourth-order valence-electron chi connectivity index (χ4n) is 2.10. The Bertz CT molecular complexity index is 706. The summed E-state index contributed by atoms with van der Waals surface area (Å²) in [6, 6.07) is 7.35. The monoisotopic (exact) mass is 315 g/mol. The van der Waals surface area contributed by atoms with Crippen LogP contribution in [-0.4, -0.2) is 45.7 Å². The third kappa shape index (κ3) is 3.62. The Balaban J connectivity index is 1.60. The maximum atomic E-state index is 11.5. The molecule has 1 aliphatic rings. The lowest BCUT2D eigenvalue weighted by atomic mass is 10.2. The number of amides is 3. The Morgan fingerprint density at radius 2 is 2.00 bits per heavy atom. The van der Waals surface area contributed by atoms with Gasteiger partial charge in [-0.25, -0.2) is 9.48 Å². The molecule has 1 fully saturated rings. The number of hydrogen-bond donors (Lipinski definition) is 3. The molecular formula is C14H17N7O2. The molecule has 23 heavy (non-hydrogen) atoms. The summed E-state index contributed by atoms with van der Waals surface area (Å²) in [5.41, 5.74) is 1.69. The lowest BCUT2D eigenvalue weighted by Gasteiger charge is -2.08. The van der Waals surface area contributed by atoms with E-state index in [1.165, 1.54) is 7.05 Å². The van der Waals surface area contributed by atoms with Crippen LogP contribution in [-0.2, 0) is 4.79 Å². The smallest absolute Gasteiger partial charge is 0.321 e. The van der Waals surface area contributed by atoms with Crippen molar-refractivity contribution in [2.45, 2.75) is 18.9 Å². The summed E-state index contributed by atoms with van der Waals surface area (Å²) in [5, 5.41) is 19.3. The molecule has 3 amide bonds. The first kappa shape index (κ1) is 14.9. The molecule has 120 valence electrons. The van der Waals surface area contributed by atoms with Crippen LogP contribution < -0.4 is 16.0 Å². The van der Waals surface area contributed by atoms with Crippen molar-refractivity contribution in [1.82, 2.24) is 30.8 Å². The van der Waals surface area contributed by atoms with Crippen LogP contribution >= 0.6 is 0 Å². The van der Waals surface area contributed by atoms with E-state index >= 15 is 0 Å². The summed E-state index contributed by atoms with van der Waals surface area (Å²) in [6.07, 6.45) is 2.22. The fraction of sp³-hybridized carbons (Fsp3) is 0.357. The number of benzene rings is 1. The summed E-state index contributed by atoms with van der Waals surface area (Å²) in [6.45, 7) is 0.00653. The molecule has 9 heteroatoms. The van der Waals surface area contributed by atoms with Crippen molar-refractivity contribution >= 4 is 17.6 Å². The van der Waals surface area contributed by atoms with Gasteiger partial charge in [-0.1, -0.05) is 0 Å². The Morgan fingerprint density at radius 1 is 1.26 bits per heavy atom. The molecule has 0 aliphatic heterocycles. The second-order valence-corrected chi connectivity index (χ2v) is 5.24. The van der Waals surface area contributed by atoms with Gasteiger partial charge in [0, 0.05) is 18.3 Å². The van der Waals surface area contributed by atoms with E-state index in [4.69, 9.17) is 0 Å². The highest BCUT2D eigenvalue weighted by molar-refractivity contribution is 5.96. The summed E-state index contributed by atoms with van der Waals surface area (Å²) >= 11 is 0. The SMILES string of the molecule is CNC(=O)NC(=O)CNc1ccc(-c2nnnn2C2CC2)cc1. The number of rotatable bonds is 5. The van der Waals surface area contributed by atoms with Gasteiger partial charge in [0.25, 0.3) is 0 Å². The second kappa shape index (κ2) is 6.42. The van der Waals surface area contributed by atoms with E-state index in [2.05, 4.69) is 31.5 Å². The first-order valence-electron chi connectivity index (χ1n) is 7.31. The number of nitrogens with one attached hydrogen (secondary N) is 3. The van der Waals surface area contributed by atoms with Crippen LogP contribution in [0.15, 0.2) is 24.3 Å². The molecule has 3 rings (SSSR count). The van der Waals surface area contributed by atoms with E-state index in [0.717, 1.165) is 29.9 Å². The molecule has 9 nitrogen and oxygen atoms in total.